The molecule has 4 atom stereocenters. The zero-order valence-electron chi connectivity index (χ0n) is 22.5. The molecule has 7 heteroatoms. The van der Waals surface area contributed by atoms with Crippen LogP contribution in [0.25, 0.3) is 0 Å². The third-order valence-electron chi connectivity index (χ3n) is 6.44. The van der Waals surface area contributed by atoms with E-state index in [0.29, 0.717) is 31.3 Å². The molecule has 2 aliphatic heterocycles. The highest BCUT2D eigenvalue weighted by atomic mass is 32.2. The number of ketones is 1. The summed E-state index contributed by atoms with van der Waals surface area (Å²) in [4.78, 5) is 29.0. The molecule has 0 amide bonds. The molecule has 2 aliphatic rings. The Hall–Kier alpha value is -1.73. The number of Topliss-reactive ketones (excluding diaryl/α,β-unsaturated/α-hetero) is 1. The van der Waals surface area contributed by atoms with Crippen molar-refractivity contribution >= 4 is 29.2 Å². The van der Waals surface area contributed by atoms with Crippen molar-refractivity contribution in [2.45, 2.75) is 92.8 Å². The Morgan fingerprint density at radius 3 is 2.54 bits per heavy atom. The first-order valence-electron chi connectivity index (χ1n) is 12.6. The Kier molecular flexibility index (Phi) is 13.8. The van der Waals surface area contributed by atoms with Gasteiger partial charge in [0.15, 0.2) is 0 Å². The number of halogens is 1. The predicted molar refractivity (Wildman–Crippen MR) is 144 cm³/mol. The Morgan fingerprint density at radius 2 is 1.91 bits per heavy atom. The van der Waals surface area contributed by atoms with Gasteiger partial charge in [-0.1, -0.05) is 39.8 Å². The van der Waals surface area contributed by atoms with Crippen molar-refractivity contribution in [1.29, 1.82) is 0 Å². The number of alkyl halides is 1. The second kappa shape index (κ2) is 15.4. The molecule has 4 unspecified atom stereocenters. The molecule has 0 fully saturated rings. The zero-order valence-corrected chi connectivity index (χ0v) is 23.3. The molecule has 0 aromatic heterocycles. The lowest BCUT2D eigenvalue weighted by Crippen LogP contribution is -2.42. The predicted octanol–water partition coefficient (Wildman–Crippen LogP) is 6.62. The Bertz CT molecular complexity index is 831. The van der Waals surface area contributed by atoms with Crippen LogP contribution in [0.3, 0.4) is 0 Å². The highest BCUT2D eigenvalue weighted by Crippen LogP contribution is 2.32. The molecule has 35 heavy (non-hydrogen) atoms. The van der Waals surface area contributed by atoms with Gasteiger partial charge in [0.2, 0.25) is 0 Å². The summed E-state index contributed by atoms with van der Waals surface area (Å²) >= 11 is 1.81. The summed E-state index contributed by atoms with van der Waals surface area (Å²) in [6.45, 7) is 13.2. The fourth-order valence-corrected chi connectivity index (χ4v) is 4.81. The number of ether oxygens (including phenoxy) is 1. The molecule has 0 saturated heterocycles. The number of carbonyl (C=O) groups excluding carboxylic acids is 2. The van der Waals surface area contributed by atoms with Crippen LogP contribution in [0.4, 0.5) is 4.39 Å². The summed E-state index contributed by atoms with van der Waals surface area (Å²) in [5, 5.41) is 12.5. The molecule has 2 heterocycles. The Morgan fingerprint density at radius 1 is 1.23 bits per heavy atom. The number of cyclic esters (lactones) is 1. The van der Waals surface area contributed by atoms with Crippen molar-refractivity contribution in [1.82, 2.24) is 0 Å². The second-order valence-corrected chi connectivity index (χ2v) is 11.1. The number of allylic oxidation sites excluding steroid dienone is 3. The van der Waals surface area contributed by atoms with Crippen molar-refractivity contribution < 1.29 is 23.8 Å². The molecular formula is C28H44FNO4S. The molecule has 0 saturated carbocycles. The first kappa shape index (κ1) is 31.3. The maximum atomic E-state index is 14.2. The van der Waals surface area contributed by atoms with Crippen molar-refractivity contribution in [2.75, 3.05) is 12.4 Å². The van der Waals surface area contributed by atoms with E-state index in [2.05, 4.69) is 17.3 Å². The number of aliphatic hydroxyl groups excluding tert-OH is 1. The summed E-state index contributed by atoms with van der Waals surface area (Å²) in [6, 6.07) is 0. The van der Waals surface area contributed by atoms with Crippen LogP contribution in [-0.2, 0) is 14.3 Å². The molecule has 0 spiro atoms. The van der Waals surface area contributed by atoms with Gasteiger partial charge in [-0.15, -0.1) is 11.8 Å². The zero-order chi connectivity index (χ0) is 26.6. The maximum absolute atomic E-state index is 14.2. The number of rotatable bonds is 1. The first-order valence-corrected chi connectivity index (χ1v) is 13.6. The van der Waals surface area contributed by atoms with Crippen LogP contribution < -0.4 is 0 Å². The van der Waals surface area contributed by atoms with E-state index in [9.17, 15) is 19.1 Å². The fourth-order valence-electron chi connectivity index (χ4n) is 4.12. The van der Waals surface area contributed by atoms with E-state index < -0.39 is 23.7 Å². The first-order chi connectivity index (χ1) is 16.4. The fraction of sp³-hybridized carbons (Fsp3) is 0.679. The Labute approximate surface area is 215 Å². The minimum atomic E-state index is -1.08. The monoisotopic (exact) mass is 509 g/mol. The van der Waals surface area contributed by atoms with Gasteiger partial charge in [-0.2, -0.15) is 0 Å². The number of hydrogen-bond donors (Lipinski definition) is 1. The number of nitrogens with zero attached hydrogens (tertiary/aromatic N) is 1. The van der Waals surface area contributed by atoms with Gasteiger partial charge in [-0.25, -0.2) is 4.39 Å². The highest BCUT2D eigenvalue weighted by molar-refractivity contribution is 8.02. The van der Waals surface area contributed by atoms with Crippen LogP contribution in [-0.4, -0.2) is 47.2 Å². The number of carbonyl (C=O) groups is 2. The average Bonchev–Trinajstić information content (AvgIpc) is 2.79. The van der Waals surface area contributed by atoms with Gasteiger partial charge in [0.05, 0.1) is 30.2 Å². The smallest absolute Gasteiger partial charge is 0.308 e. The van der Waals surface area contributed by atoms with Crippen molar-refractivity contribution in [3.63, 3.8) is 0 Å². The third-order valence-corrected chi connectivity index (χ3v) is 7.43. The highest BCUT2D eigenvalue weighted by Gasteiger charge is 2.39. The van der Waals surface area contributed by atoms with Gasteiger partial charge < -0.3 is 9.84 Å². The van der Waals surface area contributed by atoms with Gasteiger partial charge in [0.25, 0.3) is 0 Å². The van der Waals surface area contributed by atoms with Crippen molar-refractivity contribution in [3.8, 4) is 0 Å². The van der Waals surface area contributed by atoms with Crippen LogP contribution in [0, 0.1) is 17.3 Å². The number of thioether (sulfide) groups is 1. The summed E-state index contributed by atoms with van der Waals surface area (Å²) < 4.78 is 19.3. The number of hydrogen-bond acceptors (Lipinski definition) is 6. The van der Waals surface area contributed by atoms with Gasteiger partial charge in [0.1, 0.15) is 12.0 Å². The van der Waals surface area contributed by atoms with Gasteiger partial charge in [-0.05, 0) is 69.4 Å². The summed E-state index contributed by atoms with van der Waals surface area (Å²) in [5.74, 6) is 0.402. The van der Waals surface area contributed by atoms with E-state index in [-0.39, 0.29) is 30.6 Å². The number of aliphatic hydroxyl groups is 1. The third kappa shape index (κ3) is 11.2. The van der Waals surface area contributed by atoms with Crippen LogP contribution in [0.1, 0.15) is 80.6 Å². The van der Waals surface area contributed by atoms with E-state index in [4.69, 9.17) is 4.74 Å². The van der Waals surface area contributed by atoms with Crippen LogP contribution in [0.5, 0.6) is 0 Å². The molecule has 0 aliphatic carbocycles. The topological polar surface area (TPSA) is 76.0 Å². The summed E-state index contributed by atoms with van der Waals surface area (Å²) in [5.41, 5.74) is 1.92. The van der Waals surface area contributed by atoms with Crippen LogP contribution >= 0.6 is 11.8 Å². The lowest BCUT2D eigenvalue weighted by Gasteiger charge is -2.32. The SMILES string of the molecule is C/C1=C/CCOC(=O)CC(O)C(C)(C)C(=O)C(C)CC(C)CCC1F.C/C=C\C1=CSCC(C)=N1. The minimum Gasteiger partial charge on any atom is -0.465 e. The normalized spacial score (nSPS) is 30.8. The summed E-state index contributed by atoms with van der Waals surface area (Å²) in [6.07, 6.45) is 5.73. The minimum absolute atomic E-state index is 0.0698. The Balaban J connectivity index is 0.000000507. The van der Waals surface area contributed by atoms with Crippen LogP contribution in [0.2, 0.25) is 0 Å². The largest absolute Gasteiger partial charge is 0.465 e. The molecule has 0 aromatic carbocycles. The lowest BCUT2D eigenvalue weighted by molar-refractivity contribution is -0.150. The molecule has 5 nitrogen and oxygen atoms in total. The van der Waals surface area contributed by atoms with Gasteiger partial charge in [-0.3, -0.25) is 14.6 Å². The van der Waals surface area contributed by atoms with E-state index in [1.54, 1.807) is 38.6 Å². The molecule has 0 radical (unpaired) electrons. The second-order valence-electron chi connectivity index (χ2n) is 10.3. The van der Waals surface area contributed by atoms with Gasteiger partial charge in [0, 0.05) is 17.4 Å². The molecule has 1 N–H and O–H groups in total. The average molecular weight is 510 g/mol. The van der Waals surface area contributed by atoms with Crippen molar-refractivity contribution in [2.24, 2.45) is 22.2 Å². The number of aliphatic imine (C=N–C) groups is 1. The number of esters is 1. The standard InChI is InChI=1S/C20H33FO4.C8H11NS/c1-13-8-9-16(21)14(2)7-6-10-25-18(23)12-17(22)20(4,5)19(24)15(3)11-13;1-3-4-8-6-10-5-7(2)9-8/h7,13,15-17,22H,6,8-12H2,1-5H3;3-4,6H,5H2,1-2H3/b14-7-;4-3-. The molecule has 198 valence electrons. The maximum Gasteiger partial charge on any atom is 0.308 e. The van der Waals surface area contributed by atoms with Gasteiger partial charge >= 0.3 is 5.97 Å². The quantitative estimate of drug-likeness (QED) is 0.318. The van der Waals surface area contributed by atoms with E-state index >= 15 is 0 Å². The lowest BCUT2D eigenvalue weighted by atomic mass is 9.74. The van der Waals surface area contributed by atoms with E-state index in [1.165, 1.54) is 5.71 Å². The molecule has 0 bridgehead atoms. The van der Waals surface area contributed by atoms with E-state index in [1.807, 2.05) is 32.9 Å². The molecular weight excluding hydrogens is 465 g/mol. The van der Waals surface area contributed by atoms with Crippen LogP contribution in [0.15, 0.2) is 39.9 Å². The van der Waals surface area contributed by atoms with E-state index in [0.717, 1.165) is 11.4 Å². The van der Waals surface area contributed by atoms with Crippen molar-refractivity contribution in [3.05, 3.63) is 34.9 Å². The summed E-state index contributed by atoms with van der Waals surface area (Å²) in [7, 11) is 0. The molecule has 0 aromatic rings. The molecule has 2 rings (SSSR count).